The highest BCUT2D eigenvalue weighted by molar-refractivity contribution is 5.90. The summed E-state index contributed by atoms with van der Waals surface area (Å²) >= 11 is 0. The zero-order valence-electron chi connectivity index (χ0n) is 15.1. The molecule has 0 aliphatic carbocycles. The van der Waals surface area contributed by atoms with Gasteiger partial charge in [0.05, 0.1) is 11.6 Å². The molecular formula is C19H15N7O3. The van der Waals surface area contributed by atoms with Crippen molar-refractivity contribution in [1.29, 1.82) is 0 Å². The summed E-state index contributed by atoms with van der Waals surface area (Å²) in [6.07, 6.45) is 4.26. The lowest BCUT2D eigenvalue weighted by Gasteiger charge is -2.03. The van der Waals surface area contributed by atoms with Crippen LogP contribution in [0.4, 0.5) is 5.95 Å². The van der Waals surface area contributed by atoms with Crippen molar-refractivity contribution in [2.24, 2.45) is 0 Å². The van der Waals surface area contributed by atoms with Crippen LogP contribution in [0.15, 0.2) is 47.2 Å². The summed E-state index contributed by atoms with van der Waals surface area (Å²) in [5.41, 5.74) is 8.31. The van der Waals surface area contributed by atoms with Gasteiger partial charge < -0.3 is 19.6 Å². The van der Waals surface area contributed by atoms with Gasteiger partial charge in [0.15, 0.2) is 28.6 Å². The van der Waals surface area contributed by atoms with Crippen molar-refractivity contribution in [3.8, 4) is 23.1 Å². The molecule has 0 bridgehead atoms. The van der Waals surface area contributed by atoms with E-state index in [1.54, 1.807) is 18.4 Å². The summed E-state index contributed by atoms with van der Waals surface area (Å²) in [7, 11) is 0. The average Bonchev–Trinajstić information content (AvgIpc) is 3.51. The summed E-state index contributed by atoms with van der Waals surface area (Å²) in [4.78, 5) is 8.93. The number of hydrogen-bond acceptors (Lipinski definition) is 8. The van der Waals surface area contributed by atoms with Crippen LogP contribution >= 0.6 is 0 Å². The molecule has 144 valence electrons. The first kappa shape index (κ1) is 15.9. The van der Waals surface area contributed by atoms with Crippen molar-refractivity contribution in [3.63, 3.8) is 0 Å². The molecule has 5 aromatic rings. The third-order valence-electron chi connectivity index (χ3n) is 4.84. The van der Waals surface area contributed by atoms with Crippen LogP contribution in [-0.4, -0.2) is 36.2 Å². The zero-order valence-corrected chi connectivity index (χ0v) is 15.1. The maximum Gasteiger partial charge on any atom is 0.231 e. The van der Waals surface area contributed by atoms with Gasteiger partial charge in [0.1, 0.15) is 0 Å². The number of nitrogens with two attached hydrogens (primary N) is 1. The van der Waals surface area contributed by atoms with Gasteiger partial charge in [-0.05, 0) is 36.2 Å². The Morgan fingerprint density at radius 3 is 2.90 bits per heavy atom. The molecule has 0 saturated heterocycles. The second kappa shape index (κ2) is 5.96. The van der Waals surface area contributed by atoms with Crippen molar-refractivity contribution in [1.82, 2.24) is 29.4 Å². The van der Waals surface area contributed by atoms with E-state index in [0.29, 0.717) is 29.4 Å². The van der Waals surface area contributed by atoms with Crippen LogP contribution in [0, 0.1) is 0 Å². The predicted octanol–water partition coefficient (Wildman–Crippen LogP) is 2.29. The molecule has 0 amide bonds. The number of ether oxygens (including phenoxy) is 2. The number of nitrogen functional groups attached to an aromatic ring is 1. The number of fused-ring (bicyclic) bond motifs is 4. The zero-order chi connectivity index (χ0) is 19.4. The van der Waals surface area contributed by atoms with Gasteiger partial charge >= 0.3 is 0 Å². The Morgan fingerprint density at radius 2 is 2.00 bits per heavy atom. The second-order valence-electron chi connectivity index (χ2n) is 6.69. The van der Waals surface area contributed by atoms with E-state index in [1.807, 2.05) is 29.1 Å². The van der Waals surface area contributed by atoms with E-state index >= 15 is 0 Å². The van der Waals surface area contributed by atoms with Crippen LogP contribution in [0.5, 0.6) is 11.5 Å². The van der Waals surface area contributed by atoms with Crippen molar-refractivity contribution in [3.05, 3.63) is 48.4 Å². The molecule has 0 fully saturated rings. The molecule has 0 radical (unpaired) electrons. The minimum absolute atomic E-state index is 0.221. The van der Waals surface area contributed by atoms with E-state index in [0.717, 1.165) is 28.9 Å². The normalized spacial score (nSPS) is 13.0. The van der Waals surface area contributed by atoms with Crippen molar-refractivity contribution < 1.29 is 13.9 Å². The summed E-state index contributed by atoms with van der Waals surface area (Å²) < 4.78 is 19.5. The quantitative estimate of drug-likeness (QED) is 0.497. The number of anilines is 1. The number of benzene rings is 1. The summed E-state index contributed by atoms with van der Waals surface area (Å²) in [5.74, 6) is 2.79. The molecule has 5 heterocycles. The number of nitrogens with zero attached hydrogens (tertiary/aromatic N) is 6. The Hall–Kier alpha value is -4.08. The van der Waals surface area contributed by atoms with Crippen molar-refractivity contribution in [2.45, 2.75) is 13.0 Å². The predicted molar refractivity (Wildman–Crippen MR) is 102 cm³/mol. The highest BCUT2D eigenvalue weighted by atomic mass is 16.7. The highest BCUT2D eigenvalue weighted by Gasteiger charge is 2.17. The molecule has 1 aliphatic heterocycles. The second-order valence-corrected chi connectivity index (χ2v) is 6.69. The molecule has 2 N–H and O–H groups in total. The van der Waals surface area contributed by atoms with E-state index in [1.165, 1.54) is 4.52 Å². The van der Waals surface area contributed by atoms with Crippen LogP contribution < -0.4 is 15.2 Å². The molecule has 1 aliphatic rings. The van der Waals surface area contributed by atoms with Gasteiger partial charge in [-0.1, -0.05) is 6.07 Å². The van der Waals surface area contributed by atoms with Gasteiger partial charge in [-0.15, -0.1) is 5.10 Å². The Morgan fingerprint density at radius 1 is 1.07 bits per heavy atom. The third kappa shape index (κ3) is 2.57. The monoisotopic (exact) mass is 389 g/mol. The molecule has 4 aromatic heterocycles. The van der Waals surface area contributed by atoms with Gasteiger partial charge in [0.2, 0.25) is 18.6 Å². The van der Waals surface area contributed by atoms with Gasteiger partial charge in [0.25, 0.3) is 0 Å². The fourth-order valence-electron chi connectivity index (χ4n) is 3.42. The minimum Gasteiger partial charge on any atom is -0.461 e. The largest absolute Gasteiger partial charge is 0.461 e. The first-order chi connectivity index (χ1) is 14.2. The molecule has 29 heavy (non-hydrogen) atoms. The lowest BCUT2D eigenvalue weighted by Crippen LogP contribution is -2.03. The van der Waals surface area contributed by atoms with E-state index in [9.17, 15) is 0 Å². The first-order valence-electron chi connectivity index (χ1n) is 9.06. The summed E-state index contributed by atoms with van der Waals surface area (Å²) in [6.45, 7) is 0.937. The van der Waals surface area contributed by atoms with E-state index in [2.05, 4.69) is 20.2 Å². The first-order valence-corrected chi connectivity index (χ1v) is 9.06. The highest BCUT2D eigenvalue weighted by Crippen LogP contribution is 2.32. The molecule has 0 saturated carbocycles. The van der Waals surface area contributed by atoms with Gasteiger partial charge in [-0.3, -0.25) is 4.68 Å². The van der Waals surface area contributed by atoms with Crippen LogP contribution in [0.1, 0.15) is 5.56 Å². The number of hydrogen-bond donors (Lipinski definition) is 1. The molecule has 0 atom stereocenters. The molecule has 10 heteroatoms. The van der Waals surface area contributed by atoms with Crippen molar-refractivity contribution in [2.75, 3.05) is 12.5 Å². The maximum absolute atomic E-state index is 6.06. The number of furan rings is 1. The van der Waals surface area contributed by atoms with Gasteiger partial charge in [0, 0.05) is 12.7 Å². The van der Waals surface area contributed by atoms with Crippen molar-refractivity contribution >= 4 is 22.6 Å². The smallest absolute Gasteiger partial charge is 0.231 e. The Kier molecular flexibility index (Phi) is 3.27. The Labute approximate surface area is 163 Å². The lowest BCUT2D eigenvalue weighted by molar-refractivity contribution is 0.174. The van der Waals surface area contributed by atoms with Crippen LogP contribution in [0.3, 0.4) is 0 Å². The lowest BCUT2D eigenvalue weighted by atomic mass is 10.1. The topological polar surface area (TPSA) is 119 Å². The molecule has 6 rings (SSSR count). The molecule has 0 unspecified atom stereocenters. The molecule has 1 aromatic carbocycles. The van der Waals surface area contributed by atoms with E-state index in [-0.39, 0.29) is 12.7 Å². The molecule has 0 spiro atoms. The number of aryl methyl sites for hydroxylation is 2. The van der Waals surface area contributed by atoms with Gasteiger partial charge in [-0.2, -0.15) is 14.6 Å². The molecular weight excluding hydrogens is 374 g/mol. The standard InChI is InChI=1S/C19H15N7O3/c20-19-22-16-12(18-21-17(24-26(18)19)14-2-1-7-27-14)9-25(23-16)6-5-11-3-4-13-15(8-11)29-10-28-13/h1-4,7-9H,5-6,10H2,(H2,20,22,23). The fourth-order valence-corrected chi connectivity index (χ4v) is 3.42. The fraction of sp³-hybridized carbons (Fsp3) is 0.158. The minimum atomic E-state index is 0.221. The summed E-state index contributed by atoms with van der Waals surface area (Å²) in [6, 6.07) is 9.53. The van der Waals surface area contributed by atoms with Crippen LogP contribution in [0.25, 0.3) is 28.3 Å². The number of aromatic nitrogens is 6. The Balaban J connectivity index is 1.34. The third-order valence-corrected chi connectivity index (χ3v) is 4.84. The van der Waals surface area contributed by atoms with Crippen LogP contribution in [-0.2, 0) is 13.0 Å². The van der Waals surface area contributed by atoms with E-state index < -0.39 is 0 Å². The maximum atomic E-state index is 6.06. The van der Waals surface area contributed by atoms with Crippen LogP contribution in [0.2, 0.25) is 0 Å². The molecule has 10 nitrogen and oxygen atoms in total. The summed E-state index contributed by atoms with van der Waals surface area (Å²) in [5, 5.41) is 9.72. The number of rotatable bonds is 4. The van der Waals surface area contributed by atoms with Gasteiger partial charge in [-0.25, -0.2) is 4.98 Å². The van der Waals surface area contributed by atoms with E-state index in [4.69, 9.17) is 19.6 Å². The SMILES string of the molecule is Nc1nc2nn(CCc3ccc4c(c3)OCO4)cc2c2nc(-c3ccco3)nn12. The average molecular weight is 389 g/mol. The Bertz CT molecular complexity index is 1350.